The third kappa shape index (κ3) is 5.12. The molecule has 2 heterocycles. The zero-order valence-corrected chi connectivity index (χ0v) is 20.2. The standard InChI is InChI=1S/C25H27ClN4O2S/c1-3-30(4-2)14-19(31)13-29-25(32)15-6-8-21-17(9-15)10-22(33-21)23-20-11-18(26)7-5-16(20)12-28-24(23)27/h5-12,19,31H,3-4,13-14H2,1-2H3,(H2,27,28)(H,29,32). The number of aromatic nitrogens is 1. The SMILES string of the molecule is CCN(CC)CC(O)CNC(=O)c1ccc2sc(-c3c(N)ncc4ccc(Cl)cc34)cc2c1. The van der Waals surface area contributed by atoms with Crippen LogP contribution >= 0.6 is 22.9 Å². The molecule has 1 atom stereocenters. The summed E-state index contributed by atoms with van der Waals surface area (Å²) in [5.74, 6) is 0.234. The van der Waals surface area contributed by atoms with E-state index >= 15 is 0 Å². The fraction of sp³-hybridized carbons (Fsp3) is 0.280. The first-order valence-corrected chi connectivity index (χ1v) is 12.1. The highest BCUT2D eigenvalue weighted by Crippen LogP contribution is 2.40. The second-order valence-corrected chi connectivity index (χ2v) is 9.48. The van der Waals surface area contributed by atoms with Gasteiger partial charge in [0.05, 0.1) is 6.10 Å². The van der Waals surface area contributed by atoms with Crippen LogP contribution in [0.15, 0.2) is 48.7 Å². The third-order valence-corrected chi connectivity index (χ3v) is 7.14. The van der Waals surface area contributed by atoms with Gasteiger partial charge in [0.2, 0.25) is 0 Å². The molecule has 8 heteroatoms. The van der Waals surface area contributed by atoms with Gasteiger partial charge in [-0.1, -0.05) is 31.5 Å². The number of halogens is 1. The molecule has 4 N–H and O–H groups in total. The molecule has 0 spiro atoms. The first-order chi connectivity index (χ1) is 15.9. The maximum absolute atomic E-state index is 12.7. The first-order valence-electron chi connectivity index (χ1n) is 11.0. The molecule has 0 radical (unpaired) electrons. The second-order valence-electron chi connectivity index (χ2n) is 7.96. The monoisotopic (exact) mass is 482 g/mol. The third-order valence-electron chi connectivity index (χ3n) is 5.77. The Morgan fingerprint density at radius 2 is 1.97 bits per heavy atom. The summed E-state index contributed by atoms with van der Waals surface area (Å²) in [5, 5.41) is 16.6. The van der Waals surface area contributed by atoms with Gasteiger partial charge in [0.25, 0.3) is 5.91 Å². The number of thiophene rings is 1. The van der Waals surface area contributed by atoms with Gasteiger partial charge in [0.1, 0.15) is 5.82 Å². The van der Waals surface area contributed by atoms with Gasteiger partial charge in [-0.25, -0.2) is 4.98 Å². The molecule has 6 nitrogen and oxygen atoms in total. The molecule has 1 amide bonds. The van der Waals surface area contributed by atoms with Crippen molar-refractivity contribution in [2.75, 3.05) is 31.9 Å². The average molecular weight is 483 g/mol. The number of likely N-dealkylation sites (N-methyl/N-ethyl adjacent to an activating group) is 1. The van der Waals surface area contributed by atoms with Gasteiger partial charge < -0.3 is 21.1 Å². The van der Waals surface area contributed by atoms with E-state index in [-0.39, 0.29) is 12.5 Å². The molecular formula is C25H27ClN4O2S. The van der Waals surface area contributed by atoms with Gasteiger partial charge in [-0.3, -0.25) is 4.79 Å². The molecule has 0 bridgehead atoms. The molecule has 33 heavy (non-hydrogen) atoms. The van der Waals surface area contributed by atoms with Gasteiger partial charge in [-0.15, -0.1) is 11.3 Å². The lowest BCUT2D eigenvalue weighted by molar-refractivity contribution is 0.0869. The van der Waals surface area contributed by atoms with Crippen molar-refractivity contribution >= 4 is 55.5 Å². The number of anilines is 1. The Bertz CT molecular complexity index is 1300. The highest BCUT2D eigenvalue weighted by molar-refractivity contribution is 7.22. The Balaban J connectivity index is 1.58. The molecule has 172 valence electrons. The second kappa shape index (κ2) is 10.1. The first kappa shape index (κ1) is 23.4. The van der Waals surface area contributed by atoms with Crippen LogP contribution in [0.3, 0.4) is 0 Å². The summed E-state index contributed by atoms with van der Waals surface area (Å²) in [6, 6.07) is 13.3. The van der Waals surface area contributed by atoms with Gasteiger partial charge in [-0.2, -0.15) is 0 Å². The highest BCUT2D eigenvalue weighted by atomic mass is 35.5. The Labute approximate surface area is 202 Å². The largest absolute Gasteiger partial charge is 0.390 e. The van der Waals surface area contributed by atoms with Gasteiger partial charge in [0.15, 0.2) is 0 Å². The van der Waals surface area contributed by atoms with Gasteiger partial charge in [-0.05, 0) is 60.3 Å². The minimum Gasteiger partial charge on any atom is -0.390 e. The zero-order chi connectivity index (χ0) is 23.5. The lowest BCUT2D eigenvalue weighted by atomic mass is 10.0. The molecular weight excluding hydrogens is 456 g/mol. The summed E-state index contributed by atoms with van der Waals surface area (Å²) < 4.78 is 1.04. The normalized spacial score (nSPS) is 12.5. The summed E-state index contributed by atoms with van der Waals surface area (Å²) >= 11 is 7.83. The Morgan fingerprint density at radius 3 is 2.73 bits per heavy atom. The fourth-order valence-corrected chi connectivity index (χ4v) is 5.21. The van der Waals surface area contributed by atoms with Gasteiger partial charge in [0, 0.05) is 50.4 Å². The Morgan fingerprint density at radius 1 is 1.18 bits per heavy atom. The molecule has 0 saturated heterocycles. The van der Waals surface area contributed by atoms with Crippen LogP contribution in [0.4, 0.5) is 5.82 Å². The fourth-order valence-electron chi connectivity index (χ4n) is 3.92. The number of pyridine rings is 1. The molecule has 2 aromatic carbocycles. The number of rotatable bonds is 8. The molecule has 0 aliphatic heterocycles. The average Bonchev–Trinajstić information content (AvgIpc) is 3.23. The van der Waals surface area contributed by atoms with Crippen LogP contribution in [-0.2, 0) is 0 Å². The van der Waals surface area contributed by atoms with Crippen LogP contribution in [-0.4, -0.2) is 53.2 Å². The number of aliphatic hydroxyl groups is 1. The number of hydrogen-bond donors (Lipinski definition) is 3. The predicted molar refractivity (Wildman–Crippen MR) is 138 cm³/mol. The van der Waals surface area contributed by atoms with E-state index in [1.807, 2.05) is 36.4 Å². The molecule has 0 fully saturated rings. The summed E-state index contributed by atoms with van der Waals surface area (Å²) in [5.41, 5.74) is 7.65. The lowest BCUT2D eigenvalue weighted by Crippen LogP contribution is -2.40. The van der Waals surface area contributed by atoms with E-state index < -0.39 is 6.10 Å². The summed E-state index contributed by atoms with van der Waals surface area (Å²) in [7, 11) is 0. The number of nitrogens with zero attached hydrogens (tertiary/aromatic N) is 2. The zero-order valence-electron chi connectivity index (χ0n) is 18.6. The summed E-state index contributed by atoms with van der Waals surface area (Å²) in [4.78, 5) is 20.1. The van der Waals surface area contributed by atoms with Crippen LogP contribution in [0, 0.1) is 0 Å². The van der Waals surface area contributed by atoms with Crippen LogP contribution in [0.2, 0.25) is 5.02 Å². The number of hydrogen-bond acceptors (Lipinski definition) is 6. The molecule has 0 aliphatic carbocycles. The van der Waals surface area contributed by atoms with Crippen LogP contribution in [0.5, 0.6) is 0 Å². The number of nitrogens with one attached hydrogen (secondary N) is 1. The number of fused-ring (bicyclic) bond motifs is 2. The number of benzene rings is 2. The minimum absolute atomic E-state index is 0.207. The number of nitrogen functional groups attached to an aromatic ring is 1. The molecule has 0 saturated carbocycles. The van der Waals surface area contributed by atoms with Gasteiger partial charge >= 0.3 is 0 Å². The van der Waals surface area contributed by atoms with Crippen molar-refractivity contribution in [1.82, 2.24) is 15.2 Å². The van der Waals surface area contributed by atoms with E-state index in [1.165, 1.54) is 0 Å². The number of carbonyl (C=O) groups is 1. The topological polar surface area (TPSA) is 91.5 Å². The van der Waals surface area contributed by atoms with Crippen molar-refractivity contribution in [3.05, 3.63) is 59.2 Å². The minimum atomic E-state index is -0.612. The molecule has 0 aliphatic rings. The summed E-state index contributed by atoms with van der Waals surface area (Å²) in [6.07, 6.45) is 1.13. The van der Waals surface area contributed by atoms with Crippen molar-refractivity contribution in [2.24, 2.45) is 0 Å². The lowest BCUT2D eigenvalue weighted by Gasteiger charge is -2.22. The van der Waals surface area contributed by atoms with Crippen molar-refractivity contribution in [2.45, 2.75) is 20.0 Å². The van der Waals surface area contributed by atoms with E-state index in [4.69, 9.17) is 17.3 Å². The number of aliphatic hydroxyl groups excluding tert-OH is 1. The molecule has 4 aromatic rings. The Hall–Kier alpha value is -2.71. The van der Waals surface area contributed by atoms with Crippen molar-refractivity contribution in [1.29, 1.82) is 0 Å². The van der Waals surface area contributed by atoms with Crippen molar-refractivity contribution < 1.29 is 9.90 Å². The number of nitrogens with two attached hydrogens (primary N) is 1. The molecule has 4 rings (SSSR count). The Kier molecular flexibility index (Phi) is 7.14. The van der Waals surface area contributed by atoms with Crippen LogP contribution in [0.25, 0.3) is 31.3 Å². The quantitative estimate of drug-likeness (QED) is 0.336. The van der Waals surface area contributed by atoms with Crippen LogP contribution in [0.1, 0.15) is 24.2 Å². The smallest absolute Gasteiger partial charge is 0.251 e. The van der Waals surface area contributed by atoms with Crippen molar-refractivity contribution in [3.63, 3.8) is 0 Å². The molecule has 2 aromatic heterocycles. The van der Waals surface area contributed by atoms with E-state index in [1.54, 1.807) is 23.6 Å². The van der Waals surface area contributed by atoms with Crippen LogP contribution < -0.4 is 11.1 Å². The highest BCUT2D eigenvalue weighted by Gasteiger charge is 2.16. The molecule has 1 unspecified atom stereocenters. The summed E-state index contributed by atoms with van der Waals surface area (Å²) in [6.45, 7) is 6.57. The maximum atomic E-state index is 12.7. The van der Waals surface area contributed by atoms with E-state index in [2.05, 4.69) is 29.0 Å². The predicted octanol–water partition coefficient (Wildman–Crippen LogP) is 4.78. The number of carbonyl (C=O) groups excluding carboxylic acids is 1. The number of amides is 1. The van der Waals surface area contributed by atoms with E-state index in [0.717, 1.165) is 44.4 Å². The maximum Gasteiger partial charge on any atom is 0.251 e. The van der Waals surface area contributed by atoms with E-state index in [0.29, 0.717) is 22.9 Å². The van der Waals surface area contributed by atoms with Crippen molar-refractivity contribution in [3.8, 4) is 10.4 Å². The van der Waals surface area contributed by atoms with E-state index in [9.17, 15) is 9.90 Å².